The molecule has 0 aliphatic rings. The quantitative estimate of drug-likeness (QED) is 0.459. The number of hydrogen-bond acceptors (Lipinski definition) is 3. The molecule has 0 bridgehead atoms. The molecule has 0 fully saturated rings. The van der Waals surface area contributed by atoms with E-state index < -0.39 is 12.1 Å². The van der Waals surface area contributed by atoms with Crippen LogP contribution in [0.4, 0.5) is 10.5 Å². The number of rotatable bonds is 5. The highest BCUT2D eigenvalue weighted by atomic mass is 35.5. The molecule has 26 heavy (non-hydrogen) atoms. The monoisotopic (exact) mass is 392 g/mol. The molecule has 0 unspecified atom stereocenters. The second-order valence-corrected chi connectivity index (χ2v) is 6.46. The van der Waals surface area contributed by atoms with Gasteiger partial charge in [0, 0.05) is 22.7 Å². The van der Waals surface area contributed by atoms with Crippen LogP contribution in [0.3, 0.4) is 0 Å². The predicted molar refractivity (Wildman–Crippen MR) is 104 cm³/mol. The van der Waals surface area contributed by atoms with E-state index in [9.17, 15) is 9.59 Å². The van der Waals surface area contributed by atoms with Crippen LogP contribution in [0, 0.1) is 5.41 Å². The average molecular weight is 393 g/mol. The number of carbonyl (C=O) groups is 2. The van der Waals surface area contributed by atoms with Gasteiger partial charge in [0.2, 0.25) is 5.91 Å². The minimum atomic E-state index is -0.715. The van der Waals surface area contributed by atoms with E-state index in [1.165, 1.54) is 6.92 Å². The Morgan fingerprint density at radius 2 is 1.54 bits per heavy atom. The molecule has 0 saturated heterocycles. The molecular formula is C18H18Cl2N4O2. The van der Waals surface area contributed by atoms with Crippen molar-refractivity contribution >= 4 is 46.7 Å². The lowest BCUT2D eigenvalue weighted by Gasteiger charge is -2.20. The molecule has 136 valence electrons. The van der Waals surface area contributed by atoms with E-state index in [1.807, 2.05) is 0 Å². The molecule has 2 aromatic carbocycles. The van der Waals surface area contributed by atoms with Crippen LogP contribution in [0.25, 0.3) is 0 Å². The third-order valence-corrected chi connectivity index (χ3v) is 3.92. The number of amides is 3. The summed E-state index contributed by atoms with van der Waals surface area (Å²) in [5.74, 6) is -0.477. The highest BCUT2D eigenvalue weighted by Gasteiger charge is 2.19. The maximum atomic E-state index is 12.3. The molecule has 0 saturated carbocycles. The molecule has 2 rings (SSSR count). The number of urea groups is 1. The van der Waals surface area contributed by atoms with Crippen LogP contribution in [0.2, 0.25) is 10.0 Å². The molecule has 4 N–H and O–H groups in total. The average Bonchev–Trinajstić information content (AvgIpc) is 2.57. The summed E-state index contributed by atoms with van der Waals surface area (Å²) in [6.45, 7) is 1.31. The van der Waals surface area contributed by atoms with Gasteiger partial charge < -0.3 is 16.0 Å². The second-order valence-electron chi connectivity index (χ2n) is 5.58. The molecule has 6 nitrogen and oxygen atoms in total. The first kappa shape index (κ1) is 19.8. The molecule has 3 amide bonds. The number of hydrogen-bond donors (Lipinski definition) is 4. The Balaban J connectivity index is 2.07. The van der Waals surface area contributed by atoms with Gasteiger partial charge in [0.1, 0.15) is 5.84 Å². The SMILES string of the molecule is CC(=O)NC(=N)[C@H](Cc1ccc(Cl)cc1)NC(=O)Nc1ccc(Cl)cc1. The normalized spacial score (nSPS) is 11.3. The first-order chi connectivity index (χ1) is 12.3. The maximum absolute atomic E-state index is 12.3. The number of nitrogens with one attached hydrogen (secondary N) is 4. The van der Waals surface area contributed by atoms with Gasteiger partial charge in [-0.1, -0.05) is 35.3 Å². The van der Waals surface area contributed by atoms with E-state index in [-0.39, 0.29) is 11.7 Å². The Bertz CT molecular complexity index is 792. The summed E-state index contributed by atoms with van der Waals surface area (Å²) in [4.78, 5) is 23.5. The molecule has 2 aromatic rings. The Morgan fingerprint density at radius 1 is 1.00 bits per heavy atom. The van der Waals surface area contributed by atoms with Crippen molar-refractivity contribution in [1.29, 1.82) is 5.41 Å². The standard InChI is InChI=1S/C18H18Cl2N4O2/c1-11(25)22-17(21)16(10-12-2-4-13(19)5-3-12)24-18(26)23-15-8-6-14(20)7-9-15/h2-9,16H,10H2,1H3,(H2,21,22,25)(H2,23,24,26)/t16-/m0/s1. The van der Waals surface area contributed by atoms with Crippen LogP contribution in [-0.2, 0) is 11.2 Å². The van der Waals surface area contributed by atoms with Gasteiger partial charge in [-0.25, -0.2) is 4.79 Å². The van der Waals surface area contributed by atoms with Crippen LogP contribution in [0.5, 0.6) is 0 Å². The summed E-state index contributed by atoms with van der Waals surface area (Å²) in [5.41, 5.74) is 1.42. The highest BCUT2D eigenvalue weighted by molar-refractivity contribution is 6.30. The molecule has 8 heteroatoms. The van der Waals surface area contributed by atoms with E-state index in [4.69, 9.17) is 28.6 Å². The van der Waals surface area contributed by atoms with E-state index in [0.29, 0.717) is 22.2 Å². The van der Waals surface area contributed by atoms with Gasteiger partial charge in [0.15, 0.2) is 0 Å². The zero-order chi connectivity index (χ0) is 19.1. The fourth-order valence-electron chi connectivity index (χ4n) is 2.22. The van der Waals surface area contributed by atoms with Gasteiger partial charge in [-0.15, -0.1) is 0 Å². The van der Waals surface area contributed by atoms with Gasteiger partial charge in [-0.05, 0) is 48.4 Å². The first-order valence-corrected chi connectivity index (χ1v) is 8.52. The van der Waals surface area contributed by atoms with Crippen molar-refractivity contribution in [3.05, 3.63) is 64.1 Å². The second kappa shape index (κ2) is 9.22. The number of amidine groups is 1. The molecular weight excluding hydrogens is 375 g/mol. The summed E-state index contributed by atoms with van der Waals surface area (Å²) in [5, 5.41) is 17.0. The zero-order valence-corrected chi connectivity index (χ0v) is 15.5. The number of benzene rings is 2. The maximum Gasteiger partial charge on any atom is 0.319 e. The minimum absolute atomic E-state index is 0.0984. The van der Waals surface area contributed by atoms with Crippen molar-refractivity contribution in [3.8, 4) is 0 Å². The van der Waals surface area contributed by atoms with Gasteiger partial charge in [0.05, 0.1) is 6.04 Å². The Labute approximate surface area is 161 Å². The topological polar surface area (TPSA) is 94.1 Å². The van der Waals surface area contributed by atoms with Gasteiger partial charge in [0.25, 0.3) is 0 Å². The summed E-state index contributed by atoms with van der Waals surface area (Å²) < 4.78 is 0. The third-order valence-electron chi connectivity index (χ3n) is 3.42. The highest BCUT2D eigenvalue weighted by Crippen LogP contribution is 2.14. The lowest BCUT2D eigenvalue weighted by atomic mass is 10.1. The molecule has 0 radical (unpaired) electrons. The van der Waals surface area contributed by atoms with Crippen molar-refractivity contribution in [2.75, 3.05) is 5.32 Å². The smallest absolute Gasteiger partial charge is 0.319 e. The molecule has 0 aliphatic heterocycles. The minimum Gasteiger partial charge on any atom is -0.328 e. The molecule has 1 atom stereocenters. The largest absolute Gasteiger partial charge is 0.328 e. The first-order valence-electron chi connectivity index (χ1n) is 7.77. The number of carbonyl (C=O) groups excluding carboxylic acids is 2. The summed E-state index contributed by atoms with van der Waals surface area (Å²) in [6.07, 6.45) is 0.324. The number of anilines is 1. The zero-order valence-electron chi connectivity index (χ0n) is 14.0. The molecule has 0 aromatic heterocycles. The Morgan fingerprint density at radius 3 is 2.08 bits per heavy atom. The summed E-state index contributed by atoms with van der Waals surface area (Å²) in [6, 6.07) is 12.5. The van der Waals surface area contributed by atoms with Crippen LogP contribution in [-0.4, -0.2) is 23.8 Å². The predicted octanol–water partition coefficient (Wildman–Crippen LogP) is 3.84. The van der Waals surface area contributed by atoms with Gasteiger partial charge in [-0.3, -0.25) is 10.2 Å². The fraction of sp³-hybridized carbons (Fsp3) is 0.167. The van der Waals surface area contributed by atoms with Crippen LogP contribution >= 0.6 is 23.2 Å². The van der Waals surface area contributed by atoms with Crippen LogP contribution in [0.1, 0.15) is 12.5 Å². The fourth-order valence-corrected chi connectivity index (χ4v) is 2.47. The van der Waals surface area contributed by atoms with Crippen molar-refractivity contribution in [2.45, 2.75) is 19.4 Å². The number of halogens is 2. The van der Waals surface area contributed by atoms with E-state index in [2.05, 4.69) is 16.0 Å². The molecule has 0 aliphatic carbocycles. The van der Waals surface area contributed by atoms with Crippen LogP contribution in [0.15, 0.2) is 48.5 Å². The van der Waals surface area contributed by atoms with Crippen molar-refractivity contribution in [3.63, 3.8) is 0 Å². The van der Waals surface area contributed by atoms with E-state index >= 15 is 0 Å². The Kier molecular flexibility index (Phi) is 7.00. The summed E-state index contributed by atoms with van der Waals surface area (Å²) >= 11 is 11.7. The van der Waals surface area contributed by atoms with Crippen LogP contribution < -0.4 is 16.0 Å². The molecule has 0 heterocycles. The molecule has 0 spiro atoms. The van der Waals surface area contributed by atoms with E-state index in [0.717, 1.165) is 5.56 Å². The van der Waals surface area contributed by atoms with Gasteiger partial charge >= 0.3 is 6.03 Å². The van der Waals surface area contributed by atoms with Crippen molar-refractivity contribution in [1.82, 2.24) is 10.6 Å². The summed E-state index contributed by atoms with van der Waals surface area (Å²) in [7, 11) is 0. The van der Waals surface area contributed by atoms with Crippen molar-refractivity contribution < 1.29 is 9.59 Å². The lowest BCUT2D eigenvalue weighted by Crippen LogP contribution is -2.50. The van der Waals surface area contributed by atoms with Gasteiger partial charge in [-0.2, -0.15) is 0 Å². The lowest BCUT2D eigenvalue weighted by molar-refractivity contribution is -0.117. The van der Waals surface area contributed by atoms with E-state index in [1.54, 1.807) is 48.5 Å². The third kappa shape index (κ3) is 6.38. The Hall–Kier alpha value is -2.57. The van der Waals surface area contributed by atoms with Crippen molar-refractivity contribution in [2.24, 2.45) is 0 Å².